The van der Waals surface area contributed by atoms with Crippen LogP contribution in [0.15, 0.2) is 60.9 Å². The van der Waals surface area contributed by atoms with Crippen molar-refractivity contribution in [3.63, 3.8) is 0 Å². The van der Waals surface area contributed by atoms with E-state index in [4.69, 9.17) is 9.47 Å². The number of methoxy groups -OCH3 is 2. The second-order valence-corrected chi connectivity index (χ2v) is 14.3. The standard InChI is InChI=1S/C39H46N8O6/c1-22(2)33(45-39(51)53-4)37(49)46-19-5-6-31(46)34-40-20-29(42-34)25-11-7-23(8-12-25)24-9-13-26(14-10-24)30-21-41-35(43-30)32-18-16-27-15-17-28(36(48)47(27)32)44-38(50)52-3/h7-14,20-22,27-28,31-33H,5-6,15-19H2,1-4H3,(H,40,42)(H,41,43)(H,44,50)(H,45,51)/t27-,28+,31+,32+,33+/m1/s1. The van der Waals surface area contributed by atoms with Crippen LogP contribution in [0.25, 0.3) is 33.6 Å². The molecule has 4 aromatic rings. The van der Waals surface area contributed by atoms with E-state index in [1.54, 1.807) is 11.1 Å². The van der Waals surface area contributed by atoms with E-state index in [0.29, 0.717) is 13.0 Å². The van der Waals surface area contributed by atoms with Gasteiger partial charge in [-0.25, -0.2) is 19.6 Å². The van der Waals surface area contributed by atoms with Crippen molar-refractivity contribution >= 4 is 24.0 Å². The summed E-state index contributed by atoms with van der Waals surface area (Å²) in [5.41, 5.74) is 5.82. The van der Waals surface area contributed by atoms with Gasteiger partial charge in [-0.1, -0.05) is 62.4 Å². The monoisotopic (exact) mass is 722 g/mol. The average Bonchev–Trinajstić information content (AvgIpc) is 4.01. The molecular weight excluding hydrogens is 676 g/mol. The molecule has 3 aliphatic heterocycles. The maximum Gasteiger partial charge on any atom is 0.407 e. The molecule has 14 heteroatoms. The summed E-state index contributed by atoms with van der Waals surface area (Å²) in [6.07, 6.45) is 7.18. The van der Waals surface area contributed by atoms with Gasteiger partial charge in [0, 0.05) is 12.6 Å². The van der Waals surface area contributed by atoms with Gasteiger partial charge in [0.2, 0.25) is 11.8 Å². The summed E-state index contributed by atoms with van der Waals surface area (Å²) in [6, 6.07) is 15.0. The zero-order valence-corrected chi connectivity index (χ0v) is 30.4. The summed E-state index contributed by atoms with van der Waals surface area (Å²) in [6.45, 7) is 4.40. The van der Waals surface area contributed by atoms with E-state index < -0.39 is 24.3 Å². The van der Waals surface area contributed by atoms with Crippen molar-refractivity contribution in [2.75, 3.05) is 20.8 Å². The Bertz CT molecular complexity index is 1950. The highest BCUT2D eigenvalue weighted by molar-refractivity contribution is 5.87. The van der Waals surface area contributed by atoms with Gasteiger partial charge in [0.25, 0.3) is 0 Å². The number of rotatable bonds is 9. The number of H-pyrrole nitrogens is 2. The SMILES string of the molecule is COC(=O)N[C@H]1CC[C@@H]2CC[C@@H](c3ncc(-c4ccc(-c5ccc(-c6cnc([C@@H]7CCCN7C(=O)[C@@H](NC(=O)OC)C(C)C)[nH]6)cc5)cc4)[nH]3)N2C1=O. The Morgan fingerprint density at radius 3 is 1.87 bits per heavy atom. The summed E-state index contributed by atoms with van der Waals surface area (Å²) < 4.78 is 9.47. The Morgan fingerprint density at radius 2 is 1.30 bits per heavy atom. The van der Waals surface area contributed by atoms with E-state index in [2.05, 4.69) is 79.1 Å². The number of likely N-dealkylation sites (tertiary alicyclic amines) is 1. The van der Waals surface area contributed by atoms with E-state index in [0.717, 1.165) is 77.4 Å². The van der Waals surface area contributed by atoms with E-state index in [9.17, 15) is 19.2 Å². The largest absolute Gasteiger partial charge is 0.453 e. The van der Waals surface area contributed by atoms with Crippen molar-refractivity contribution in [1.29, 1.82) is 0 Å². The quantitative estimate of drug-likeness (QED) is 0.170. The molecule has 0 bridgehead atoms. The number of amides is 4. The van der Waals surface area contributed by atoms with Crippen LogP contribution in [0, 0.1) is 5.92 Å². The van der Waals surface area contributed by atoms with E-state index in [1.807, 2.05) is 24.9 Å². The first-order valence-electron chi connectivity index (χ1n) is 18.3. The van der Waals surface area contributed by atoms with Crippen LogP contribution >= 0.6 is 0 Å². The van der Waals surface area contributed by atoms with Crippen LogP contribution in [-0.4, -0.2) is 92.6 Å². The van der Waals surface area contributed by atoms with Crippen LogP contribution in [0.2, 0.25) is 0 Å². The smallest absolute Gasteiger partial charge is 0.407 e. The number of carbonyl (C=O) groups excluding carboxylic acids is 4. The summed E-state index contributed by atoms with van der Waals surface area (Å²) in [5.74, 6) is 1.14. The van der Waals surface area contributed by atoms with Gasteiger partial charge in [0.1, 0.15) is 23.7 Å². The Hall–Kier alpha value is -5.66. The Morgan fingerprint density at radius 1 is 0.755 bits per heavy atom. The number of aromatic nitrogens is 4. The molecule has 14 nitrogen and oxygen atoms in total. The average molecular weight is 723 g/mol. The predicted octanol–water partition coefficient (Wildman–Crippen LogP) is 5.73. The molecule has 5 heterocycles. The number of alkyl carbamates (subject to hydrolysis) is 2. The highest BCUT2D eigenvalue weighted by Crippen LogP contribution is 2.41. The summed E-state index contributed by atoms with van der Waals surface area (Å²) in [5, 5.41) is 5.37. The topological polar surface area (TPSA) is 175 Å². The van der Waals surface area contributed by atoms with Crippen molar-refractivity contribution in [3.8, 4) is 33.6 Å². The first-order chi connectivity index (χ1) is 25.6. The van der Waals surface area contributed by atoms with Gasteiger partial charge in [0.05, 0.1) is 50.1 Å². The lowest BCUT2D eigenvalue weighted by molar-refractivity contribution is -0.139. The van der Waals surface area contributed by atoms with Gasteiger partial charge in [-0.2, -0.15) is 0 Å². The molecule has 2 aromatic heterocycles. The second kappa shape index (κ2) is 15.1. The van der Waals surface area contributed by atoms with Gasteiger partial charge in [0.15, 0.2) is 0 Å². The number of nitrogens with one attached hydrogen (secondary N) is 4. The van der Waals surface area contributed by atoms with E-state index in [1.165, 1.54) is 14.2 Å². The lowest BCUT2D eigenvalue weighted by Crippen LogP contribution is -2.54. The number of nitrogens with zero attached hydrogens (tertiary/aromatic N) is 4. The molecule has 0 aliphatic carbocycles. The summed E-state index contributed by atoms with van der Waals surface area (Å²) in [4.78, 5) is 70.5. The van der Waals surface area contributed by atoms with Crippen LogP contribution in [0.3, 0.4) is 0 Å². The summed E-state index contributed by atoms with van der Waals surface area (Å²) in [7, 11) is 2.59. The van der Waals surface area contributed by atoms with Crippen LogP contribution in [0.4, 0.5) is 9.59 Å². The highest BCUT2D eigenvalue weighted by atomic mass is 16.5. The number of piperidine rings is 1. The molecule has 278 valence electrons. The zero-order valence-electron chi connectivity index (χ0n) is 30.4. The normalized spacial score (nSPS) is 21.7. The van der Waals surface area contributed by atoms with E-state index in [-0.39, 0.29) is 35.9 Å². The molecule has 5 atom stereocenters. The van der Waals surface area contributed by atoms with Crippen LogP contribution in [-0.2, 0) is 19.1 Å². The molecule has 0 spiro atoms. The molecule has 0 unspecified atom stereocenters. The molecule has 0 saturated carbocycles. The number of imidazole rings is 2. The molecule has 0 radical (unpaired) electrons. The molecule has 3 fully saturated rings. The molecule has 3 saturated heterocycles. The molecule has 7 rings (SSSR count). The maximum atomic E-state index is 13.5. The zero-order chi connectivity index (χ0) is 37.2. The number of hydrogen-bond donors (Lipinski definition) is 4. The number of aromatic amines is 2. The predicted molar refractivity (Wildman–Crippen MR) is 196 cm³/mol. The van der Waals surface area contributed by atoms with Crippen molar-refractivity contribution in [2.24, 2.45) is 5.92 Å². The van der Waals surface area contributed by atoms with Crippen molar-refractivity contribution < 1.29 is 28.7 Å². The molecule has 3 aliphatic rings. The van der Waals surface area contributed by atoms with Crippen LogP contribution in [0.1, 0.15) is 76.1 Å². The third-order valence-corrected chi connectivity index (χ3v) is 10.8. The molecular formula is C39H46N8O6. The van der Waals surface area contributed by atoms with Gasteiger partial charge in [-0.15, -0.1) is 0 Å². The molecule has 4 N–H and O–H groups in total. The first kappa shape index (κ1) is 35.7. The third kappa shape index (κ3) is 7.22. The Labute approximate surface area is 308 Å². The Balaban J connectivity index is 1.00. The highest BCUT2D eigenvalue weighted by Gasteiger charge is 2.45. The maximum absolute atomic E-state index is 13.5. The van der Waals surface area contributed by atoms with Gasteiger partial charge in [-0.05, 0) is 66.7 Å². The second-order valence-electron chi connectivity index (χ2n) is 14.3. The Kier molecular flexibility index (Phi) is 10.2. The lowest BCUT2D eigenvalue weighted by atomic mass is 9.98. The van der Waals surface area contributed by atoms with Gasteiger partial charge in [-0.3, -0.25) is 9.59 Å². The lowest BCUT2D eigenvalue weighted by Gasteiger charge is -2.37. The number of carbonyl (C=O) groups is 4. The number of benzene rings is 2. The molecule has 4 amide bonds. The van der Waals surface area contributed by atoms with Crippen molar-refractivity contribution in [1.82, 2.24) is 40.4 Å². The van der Waals surface area contributed by atoms with Crippen LogP contribution < -0.4 is 10.6 Å². The fourth-order valence-electron chi connectivity index (χ4n) is 7.95. The summed E-state index contributed by atoms with van der Waals surface area (Å²) >= 11 is 0. The minimum Gasteiger partial charge on any atom is -0.453 e. The number of fused-ring (bicyclic) bond motifs is 1. The number of hydrogen-bond acceptors (Lipinski definition) is 8. The van der Waals surface area contributed by atoms with Gasteiger partial charge >= 0.3 is 12.2 Å². The number of ether oxygens (including phenoxy) is 2. The fourth-order valence-corrected chi connectivity index (χ4v) is 7.95. The van der Waals surface area contributed by atoms with Gasteiger partial charge < -0.3 is 39.9 Å². The van der Waals surface area contributed by atoms with Crippen LogP contribution in [0.5, 0.6) is 0 Å². The minimum absolute atomic E-state index is 0.0889. The first-order valence-corrected chi connectivity index (χ1v) is 18.3. The fraction of sp³-hybridized carbons (Fsp3) is 0.436. The molecule has 53 heavy (non-hydrogen) atoms. The third-order valence-electron chi connectivity index (χ3n) is 10.8. The molecule has 2 aromatic carbocycles. The van der Waals surface area contributed by atoms with Crippen molar-refractivity contribution in [3.05, 3.63) is 72.6 Å². The van der Waals surface area contributed by atoms with Crippen molar-refractivity contribution in [2.45, 2.75) is 82.6 Å². The van der Waals surface area contributed by atoms with E-state index >= 15 is 0 Å². The minimum atomic E-state index is -0.685.